The number of nitrogens with one attached hydrogen (secondary N) is 1. The van der Waals surface area contributed by atoms with Crippen LogP contribution < -0.4 is 5.32 Å². The smallest absolute Gasteiger partial charge is 0.234 e. The van der Waals surface area contributed by atoms with Crippen molar-refractivity contribution in [2.24, 2.45) is 0 Å². The Kier molecular flexibility index (Phi) is 5.22. The highest BCUT2D eigenvalue weighted by molar-refractivity contribution is 7.99. The topological polar surface area (TPSA) is 72.7 Å². The van der Waals surface area contributed by atoms with Crippen LogP contribution in [-0.4, -0.2) is 31.9 Å². The maximum absolute atomic E-state index is 12.0. The third kappa shape index (κ3) is 4.42. The Morgan fingerprint density at radius 2 is 2.04 bits per heavy atom. The van der Waals surface area contributed by atoms with Crippen LogP contribution in [0.25, 0.3) is 5.69 Å². The maximum atomic E-state index is 12.0. The second kappa shape index (κ2) is 7.74. The molecule has 1 heterocycles. The summed E-state index contributed by atoms with van der Waals surface area (Å²) in [6, 6.07) is 15.7. The molecule has 1 amide bonds. The Bertz CT molecular complexity index is 802. The first-order chi connectivity index (χ1) is 11.7. The van der Waals surface area contributed by atoms with E-state index in [9.17, 15) is 4.79 Å². The van der Waals surface area contributed by atoms with Crippen molar-refractivity contribution >= 4 is 23.4 Å². The lowest BCUT2D eigenvalue weighted by molar-refractivity contribution is -0.113. The summed E-state index contributed by atoms with van der Waals surface area (Å²) in [6.45, 7) is 2.07. The van der Waals surface area contributed by atoms with Gasteiger partial charge in [-0.3, -0.25) is 4.79 Å². The Hall–Kier alpha value is -2.67. The standard InChI is InChI=1S/C17H17N5OS/c1-13-3-2-4-14(9-13)10-24-11-17(23)19-15-5-7-16(8-6-15)22-12-18-20-21-22/h2-9,12H,10-11H2,1H3,(H,19,23). The van der Waals surface area contributed by atoms with Gasteiger partial charge in [0.1, 0.15) is 6.33 Å². The fraction of sp³-hybridized carbons (Fsp3) is 0.176. The lowest BCUT2D eigenvalue weighted by atomic mass is 10.2. The van der Waals surface area contributed by atoms with Crippen LogP contribution in [-0.2, 0) is 10.5 Å². The van der Waals surface area contributed by atoms with Crippen molar-refractivity contribution in [3.63, 3.8) is 0 Å². The van der Waals surface area contributed by atoms with E-state index in [0.29, 0.717) is 5.75 Å². The van der Waals surface area contributed by atoms with Crippen LogP contribution >= 0.6 is 11.8 Å². The molecule has 0 bridgehead atoms. The summed E-state index contributed by atoms with van der Waals surface area (Å²) < 4.78 is 1.56. The van der Waals surface area contributed by atoms with Gasteiger partial charge in [0.05, 0.1) is 11.4 Å². The summed E-state index contributed by atoms with van der Waals surface area (Å²) in [7, 11) is 0. The lowest BCUT2D eigenvalue weighted by Crippen LogP contribution is -2.14. The van der Waals surface area contributed by atoms with E-state index >= 15 is 0 Å². The average molecular weight is 339 g/mol. The Morgan fingerprint density at radius 1 is 1.21 bits per heavy atom. The fourth-order valence-electron chi connectivity index (χ4n) is 2.24. The first kappa shape index (κ1) is 16.2. The highest BCUT2D eigenvalue weighted by Crippen LogP contribution is 2.15. The molecule has 6 nitrogen and oxygen atoms in total. The number of amides is 1. The second-order valence-corrected chi connectivity index (χ2v) is 6.32. The lowest BCUT2D eigenvalue weighted by Gasteiger charge is -2.07. The largest absolute Gasteiger partial charge is 0.325 e. The molecule has 0 unspecified atom stereocenters. The monoisotopic (exact) mass is 339 g/mol. The van der Waals surface area contributed by atoms with Gasteiger partial charge in [0, 0.05) is 11.4 Å². The summed E-state index contributed by atoms with van der Waals surface area (Å²) in [5.74, 6) is 1.23. The molecule has 0 spiro atoms. The quantitative estimate of drug-likeness (QED) is 0.747. The molecule has 7 heteroatoms. The molecule has 0 atom stereocenters. The second-order valence-electron chi connectivity index (χ2n) is 5.33. The van der Waals surface area contributed by atoms with E-state index in [1.54, 1.807) is 16.4 Å². The summed E-state index contributed by atoms with van der Waals surface area (Å²) in [4.78, 5) is 12.0. The number of rotatable bonds is 6. The van der Waals surface area contributed by atoms with Crippen LogP contribution in [0.3, 0.4) is 0 Å². The number of carbonyl (C=O) groups is 1. The van der Waals surface area contributed by atoms with Gasteiger partial charge in [-0.2, -0.15) is 0 Å². The van der Waals surface area contributed by atoms with Gasteiger partial charge in [0.25, 0.3) is 0 Å². The van der Waals surface area contributed by atoms with Crippen molar-refractivity contribution in [2.75, 3.05) is 11.1 Å². The minimum absolute atomic E-state index is 0.0113. The molecule has 0 saturated carbocycles. The summed E-state index contributed by atoms with van der Waals surface area (Å²) in [5.41, 5.74) is 4.07. The minimum atomic E-state index is -0.0113. The van der Waals surface area contributed by atoms with Gasteiger partial charge in [-0.1, -0.05) is 29.8 Å². The summed E-state index contributed by atoms with van der Waals surface area (Å²) >= 11 is 1.60. The number of tetrazole rings is 1. The number of carbonyl (C=O) groups excluding carboxylic acids is 1. The van der Waals surface area contributed by atoms with Crippen molar-refractivity contribution in [3.05, 3.63) is 66.0 Å². The summed E-state index contributed by atoms with van der Waals surface area (Å²) in [5, 5.41) is 13.9. The van der Waals surface area contributed by atoms with E-state index in [0.717, 1.165) is 17.1 Å². The highest BCUT2D eigenvalue weighted by Gasteiger charge is 2.04. The van der Waals surface area contributed by atoms with E-state index < -0.39 is 0 Å². The van der Waals surface area contributed by atoms with Crippen molar-refractivity contribution in [1.82, 2.24) is 20.2 Å². The Labute approximate surface area is 144 Å². The Morgan fingerprint density at radius 3 is 2.75 bits per heavy atom. The molecule has 3 aromatic rings. The predicted octanol–water partition coefficient (Wildman–Crippen LogP) is 2.84. The zero-order chi connectivity index (χ0) is 16.8. The van der Waals surface area contributed by atoms with Crippen LogP contribution in [0.2, 0.25) is 0 Å². The van der Waals surface area contributed by atoms with Crippen LogP contribution in [0.5, 0.6) is 0 Å². The SMILES string of the molecule is Cc1cccc(CSCC(=O)Nc2ccc(-n3cnnn3)cc2)c1. The Balaban J connectivity index is 1.48. The first-order valence-electron chi connectivity index (χ1n) is 7.47. The van der Waals surface area contributed by atoms with Gasteiger partial charge in [0.2, 0.25) is 5.91 Å². The van der Waals surface area contributed by atoms with Crippen molar-refractivity contribution in [2.45, 2.75) is 12.7 Å². The number of hydrogen-bond acceptors (Lipinski definition) is 5. The number of aryl methyl sites for hydroxylation is 1. The molecule has 1 aromatic heterocycles. The zero-order valence-electron chi connectivity index (χ0n) is 13.2. The van der Waals surface area contributed by atoms with Crippen LogP contribution in [0.1, 0.15) is 11.1 Å². The molecule has 0 saturated heterocycles. The molecule has 122 valence electrons. The highest BCUT2D eigenvalue weighted by atomic mass is 32.2. The normalized spacial score (nSPS) is 10.5. The molecule has 3 rings (SSSR count). The molecular formula is C17H17N5OS. The van der Waals surface area contributed by atoms with E-state index in [2.05, 4.69) is 46.0 Å². The van der Waals surface area contributed by atoms with Crippen molar-refractivity contribution in [1.29, 1.82) is 0 Å². The summed E-state index contributed by atoms with van der Waals surface area (Å²) in [6.07, 6.45) is 1.52. The van der Waals surface area contributed by atoms with Gasteiger partial charge in [-0.25, -0.2) is 4.68 Å². The third-order valence-corrected chi connectivity index (χ3v) is 4.35. The zero-order valence-corrected chi connectivity index (χ0v) is 14.0. The number of hydrogen-bond donors (Lipinski definition) is 1. The number of anilines is 1. The van der Waals surface area contributed by atoms with Crippen LogP contribution in [0.4, 0.5) is 5.69 Å². The molecule has 2 aromatic carbocycles. The molecule has 24 heavy (non-hydrogen) atoms. The van der Waals surface area contributed by atoms with Crippen LogP contribution in [0.15, 0.2) is 54.9 Å². The molecular weight excluding hydrogens is 322 g/mol. The molecule has 0 aliphatic heterocycles. The van der Waals surface area contributed by atoms with E-state index in [1.807, 2.05) is 30.3 Å². The van der Waals surface area contributed by atoms with E-state index in [-0.39, 0.29) is 5.91 Å². The molecule has 1 N–H and O–H groups in total. The third-order valence-electron chi connectivity index (χ3n) is 3.35. The van der Waals surface area contributed by atoms with Gasteiger partial charge in [0.15, 0.2) is 0 Å². The molecule has 0 aliphatic carbocycles. The van der Waals surface area contributed by atoms with E-state index in [1.165, 1.54) is 17.5 Å². The van der Waals surface area contributed by atoms with Gasteiger partial charge in [-0.15, -0.1) is 16.9 Å². The van der Waals surface area contributed by atoms with Crippen molar-refractivity contribution in [3.8, 4) is 5.69 Å². The minimum Gasteiger partial charge on any atom is -0.325 e. The fourth-order valence-corrected chi connectivity index (χ4v) is 3.01. The number of aromatic nitrogens is 4. The maximum Gasteiger partial charge on any atom is 0.234 e. The number of benzene rings is 2. The molecule has 0 fully saturated rings. The van der Waals surface area contributed by atoms with Crippen LogP contribution in [0, 0.1) is 6.92 Å². The van der Waals surface area contributed by atoms with Gasteiger partial charge in [-0.05, 0) is 47.2 Å². The first-order valence-corrected chi connectivity index (χ1v) is 8.63. The molecule has 0 aliphatic rings. The number of nitrogens with zero attached hydrogens (tertiary/aromatic N) is 4. The van der Waals surface area contributed by atoms with Gasteiger partial charge < -0.3 is 5.32 Å². The average Bonchev–Trinajstić information content (AvgIpc) is 3.10. The van der Waals surface area contributed by atoms with E-state index in [4.69, 9.17) is 0 Å². The molecule has 0 radical (unpaired) electrons. The van der Waals surface area contributed by atoms with Crippen molar-refractivity contribution < 1.29 is 4.79 Å². The predicted molar refractivity (Wildman–Crippen MR) is 95.1 cm³/mol. The number of thioether (sulfide) groups is 1. The van der Waals surface area contributed by atoms with Gasteiger partial charge >= 0.3 is 0 Å².